The molecule has 0 spiro atoms. The standard InChI is InChI=1S/C23H18ClNO5/c1-13-8-9-15(24)12-17(13)25-20(18-7-4-10-30-18)19(22(27)23(25)28)21(26)14-5-3-6-16(11-14)29-2/h3-12,20,26H,1-2H3/b21-19-. The van der Waals surface area contributed by atoms with Crippen molar-refractivity contribution in [3.8, 4) is 5.75 Å². The van der Waals surface area contributed by atoms with Gasteiger partial charge in [-0.15, -0.1) is 0 Å². The van der Waals surface area contributed by atoms with Gasteiger partial charge in [0.15, 0.2) is 0 Å². The molecule has 1 atom stereocenters. The maximum atomic E-state index is 13.1. The number of Topliss-reactive ketones (excluding diaryl/α,β-unsaturated/α-hetero) is 1. The number of ketones is 1. The number of hydrogen-bond donors (Lipinski definition) is 1. The number of nitrogens with zero attached hydrogens (tertiary/aromatic N) is 1. The predicted octanol–water partition coefficient (Wildman–Crippen LogP) is 4.88. The summed E-state index contributed by atoms with van der Waals surface area (Å²) in [7, 11) is 1.50. The zero-order chi connectivity index (χ0) is 21.4. The maximum absolute atomic E-state index is 13.1. The lowest BCUT2D eigenvalue weighted by Gasteiger charge is -2.25. The molecule has 0 saturated carbocycles. The van der Waals surface area contributed by atoms with E-state index < -0.39 is 17.7 Å². The second-order valence-corrected chi connectivity index (χ2v) is 7.28. The highest BCUT2D eigenvalue weighted by atomic mass is 35.5. The first-order valence-electron chi connectivity index (χ1n) is 9.17. The smallest absolute Gasteiger partial charge is 0.300 e. The number of rotatable bonds is 4. The molecule has 152 valence electrons. The van der Waals surface area contributed by atoms with Crippen LogP contribution in [-0.2, 0) is 9.59 Å². The van der Waals surface area contributed by atoms with Crippen molar-refractivity contribution in [3.63, 3.8) is 0 Å². The number of halogens is 1. The van der Waals surface area contributed by atoms with Crippen LogP contribution < -0.4 is 9.64 Å². The number of hydrogen-bond acceptors (Lipinski definition) is 5. The number of benzene rings is 2. The molecule has 1 amide bonds. The quantitative estimate of drug-likeness (QED) is 0.367. The highest BCUT2D eigenvalue weighted by molar-refractivity contribution is 6.51. The summed E-state index contributed by atoms with van der Waals surface area (Å²) in [5.41, 5.74) is 1.50. The molecule has 1 unspecified atom stereocenters. The largest absolute Gasteiger partial charge is 0.507 e. The summed E-state index contributed by atoms with van der Waals surface area (Å²) >= 11 is 6.16. The van der Waals surface area contributed by atoms with Crippen LogP contribution in [0.3, 0.4) is 0 Å². The molecule has 1 N–H and O–H groups in total. The van der Waals surface area contributed by atoms with Crippen LogP contribution in [0.5, 0.6) is 5.75 Å². The van der Waals surface area contributed by atoms with E-state index in [1.54, 1.807) is 54.6 Å². The van der Waals surface area contributed by atoms with Gasteiger partial charge in [0.05, 0.1) is 18.9 Å². The van der Waals surface area contributed by atoms with Crippen molar-refractivity contribution >= 4 is 34.7 Å². The van der Waals surface area contributed by atoms with Crippen molar-refractivity contribution in [2.75, 3.05) is 12.0 Å². The summed E-state index contributed by atoms with van der Waals surface area (Å²) in [6.07, 6.45) is 1.45. The van der Waals surface area contributed by atoms with Crippen molar-refractivity contribution < 1.29 is 23.8 Å². The number of carbonyl (C=O) groups is 2. The van der Waals surface area contributed by atoms with Gasteiger partial charge in [-0.25, -0.2) is 0 Å². The van der Waals surface area contributed by atoms with Gasteiger partial charge in [0.1, 0.15) is 23.3 Å². The summed E-state index contributed by atoms with van der Waals surface area (Å²) in [6.45, 7) is 1.81. The first-order valence-corrected chi connectivity index (χ1v) is 9.55. The van der Waals surface area contributed by atoms with Crippen molar-refractivity contribution in [3.05, 3.63) is 88.3 Å². The van der Waals surface area contributed by atoms with Crippen LogP contribution in [-0.4, -0.2) is 23.9 Å². The fraction of sp³-hybridized carbons (Fsp3) is 0.130. The number of amides is 1. The molecule has 4 rings (SSSR count). The van der Waals surface area contributed by atoms with Gasteiger partial charge in [0, 0.05) is 16.3 Å². The number of anilines is 1. The van der Waals surface area contributed by atoms with Gasteiger partial charge in [-0.2, -0.15) is 0 Å². The lowest BCUT2D eigenvalue weighted by Crippen LogP contribution is -2.30. The molecule has 0 aliphatic carbocycles. The minimum atomic E-state index is -0.941. The van der Waals surface area contributed by atoms with E-state index in [4.69, 9.17) is 20.8 Å². The molecule has 0 radical (unpaired) electrons. The monoisotopic (exact) mass is 423 g/mol. The number of carbonyl (C=O) groups excluding carboxylic acids is 2. The second kappa shape index (κ2) is 7.72. The summed E-state index contributed by atoms with van der Waals surface area (Å²) in [6, 6.07) is 14.1. The van der Waals surface area contributed by atoms with E-state index in [0.29, 0.717) is 27.8 Å². The number of aliphatic hydroxyl groups is 1. The van der Waals surface area contributed by atoms with Gasteiger partial charge in [-0.1, -0.05) is 29.8 Å². The third kappa shape index (κ3) is 3.25. The van der Waals surface area contributed by atoms with Crippen molar-refractivity contribution in [1.29, 1.82) is 0 Å². The number of methoxy groups -OCH3 is 1. The minimum Gasteiger partial charge on any atom is -0.507 e. The molecule has 1 saturated heterocycles. The van der Waals surface area contributed by atoms with E-state index in [9.17, 15) is 14.7 Å². The summed E-state index contributed by atoms with van der Waals surface area (Å²) in [5, 5.41) is 11.5. The molecule has 1 fully saturated rings. The minimum absolute atomic E-state index is 0.0671. The number of ether oxygens (including phenoxy) is 1. The third-order valence-electron chi connectivity index (χ3n) is 5.03. The molecule has 1 aliphatic rings. The number of aryl methyl sites for hydroxylation is 1. The Morgan fingerprint density at radius 3 is 2.63 bits per heavy atom. The Morgan fingerprint density at radius 2 is 1.93 bits per heavy atom. The maximum Gasteiger partial charge on any atom is 0.300 e. The number of aliphatic hydroxyl groups excluding tert-OH is 1. The van der Waals surface area contributed by atoms with Gasteiger partial charge in [0.25, 0.3) is 11.7 Å². The van der Waals surface area contributed by atoms with Gasteiger partial charge in [-0.3, -0.25) is 14.5 Å². The first-order chi connectivity index (χ1) is 14.4. The molecule has 1 aliphatic heterocycles. The highest BCUT2D eigenvalue weighted by Gasteiger charge is 2.48. The Morgan fingerprint density at radius 1 is 1.13 bits per heavy atom. The van der Waals surface area contributed by atoms with Gasteiger partial charge >= 0.3 is 0 Å². The Hall–Kier alpha value is -3.51. The molecule has 2 heterocycles. The predicted molar refractivity (Wildman–Crippen MR) is 113 cm³/mol. The van der Waals surface area contributed by atoms with E-state index in [1.165, 1.54) is 18.3 Å². The van der Waals surface area contributed by atoms with Crippen LogP contribution in [0.1, 0.15) is 22.9 Å². The Labute approximate surface area is 177 Å². The molecular weight excluding hydrogens is 406 g/mol. The first kappa shape index (κ1) is 19.8. The van der Waals surface area contributed by atoms with E-state index in [2.05, 4.69) is 0 Å². The molecule has 6 nitrogen and oxygen atoms in total. The average molecular weight is 424 g/mol. The van der Waals surface area contributed by atoms with Crippen molar-refractivity contribution in [2.24, 2.45) is 0 Å². The van der Waals surface area contributed by atoms with Crippen LogP contribution in [0.25, 0.3) is 5.76 Å². The molecular formula is C23H18ClNO5. The van der Waals surface area contributed by atoms with E-state index in [1.807, 2.05) is 6.92 Å². The van der Waals surface area contributed by atoms with E-state index in [0.717, 1.165) is 5.56 Å². The summed E-state index contributed by atoms with van der Waals surface area (Å²) in [5.74, 6) is -1.04. The van der Waals surface area contributed by atoms with Crippen LogP contribution in [0.4, 0.5) is 5.69 Å². The van der Waals surface area contributed by atoms with Gasteiger partial charge in [0.2, 0.25) is 0 Å². The third-order valence-corrected chi connectivity index (χ3v) is 5.27. The lowest BCUT2D eigenvalue weighted by atomic mass is 9.99. The fourth-order valence-corrected chi connectivity index (χ4v) is 3.73. The summed E-state index contributed by atoms with van der Waals surface area (Å²) < 4.78 is 10.8. The van der Waals surface area contributed by atoms with Crippen molar-refractivity contribution in [1.82, 2.24) is 0 Å². The van der Waals surface area contributed by atoms with Crippen LogP contribution in [0.15, 0.2) is 70.9 Å². The van der Waals surface area contributed by atoms with Gasteiger partial charge in [-0.05, 0) is 48.9 Å². The lowest BCUT2D eigenvalue weighted by molar-refractivity contribution is -0.132. The van der Waals surface area contributed by atoms with E-state index in [-0.39, 0.29) is 11.3 Å². The normalized spacial score (nSPS) is 18.1. The SMILES string of the molecule is COc1cccc(/C(O)=C2/C(=O)C(=O)N(c3cc(Cl)ccc3C)C2c2ccco2)c1. The summed E-state index contributed by atoms with van der Waals surface area (Å²) in [4.78, 5) is 27.4. The van der Waals surface area contributed by atoms with E-state index >= 15 is 0 Å². The van der Waals surface area contributed by atoms with Crippen LogP contribution >= 0.6 is 11.6 Å². The zero-order valence-electron chi connectivity index (χ0n) is 16.3. The fourth-order valence-electron chi connectivity index (χ4n) is 3.56. The zero-order valence-corrected chi connectivity index (χ0v) is 17.0. The Balaban J connectivity index is 1.95. The molecule has 0 bridgehead atoms. The Bertz CT molecular complexity index is 1170. The van der Waals surface area contributed by atoms with Crippen LogP contribution in [0.2, 0.25) is 5.02 Å². The molecule has 3 aromatic rings. The molecule has 7 heteroatoms. The number of furan rings is 1. The van der Waals surface area contributed by atoms with Crippen LogP contribution in [0, 0.1) is 6.92 Å². The second-order valence-electron chi connectivity index (χ2n) is 6.85. The Kier molecular flexibility index (Phi) is 5.10. The topological polar surface area (TPSA) is 80.0 Å². The highest BCUT2D eigenvalue weighted by Crippen LogP contribution is 2.43. The van der Waals surface area contributed by atoms with Crippen molar-refractivity contribution in [2.45, 2.75) is 13.0 Å². The molecule has 30 heavy (non-hydrogen) atoms. The molecule has 2 aromatic carbocycles. The van der Waals surface area contributed by atoms with Gasteiger partial charge < -0.3 is 14.3 Å². The molecule has 1 aromatic heterocycles. The average Bonchev–Trinajstić information content (AvgIpc) is 3.37.